The fraction of sp³-hybridized carbons (Fsp3) is 0.538. The summed E-state index contributed by atoms with van der Waals surface area (Å²) in [4.78, 5) is 0. The minimum Gasteiger partial charge on any atom is -0.379 e. The Morgan fingerprint density at radius 1 is 1.16 bits per heavy atom. The molecule has 1 unspecified atom stereocenters. The Morgan fingerprint density at radius 2 is 1.79 bits per heavy atom. The second-order valence-electron chi connectivity index (χ2n) is 4.51. The zero-order valence-electron chi connectivity index (χ0n) is 10.5. The molecule has 6 heteroatoms. The molecule has 106 valence electrons. The van der Waals surface area contributed by atoms with Crippen molar-refractivity contribution in [1.29, 1.82) is 0 Å². The molecule has 0 aromatic heterocycles. The van der Waals surface area contributed by atoms with E-state index in [0.717, 1.165) is 0 Å². The van der Waals surface area contributed by atoms with E-state index in [9.17, 15) is 13.2 Å². The summed E-state index contributed by atoms with van der Waals surface area (Å²) in [6.07, 6.45) is -5.08. The minimum atomic E-state index is -4.19. The fourth-order valence-corrected chi connectivity index (χ4v) is 2.07. The van der Waals surface area contributed by atoms with Gasteiger partial charge in [-0.05, 0) is 5.56 Å². The fourth-order valence-electron chi connectivity index (χ4n) is 2.07. The van der Waals surface area contributed by atoms with Crippen LogP contribution in [-0.2, 0) is 4.74 Å². The number of ether oxygens (including phenoxy) is 1. The molecule has 2 rings (SSSR count). The van der Waals surface area contributed by atoms with Gasteiger partial charge in [0, 0.05) is 13.1 Å². The van der Waals surface area contributed by atoms with Crippen molar-refractivity contribution >= 4 is 0 Å². The molecule has 1 aromatic rings. The van der Waals surface area contributed by atoms with Crippen LogP contribution in [0.25, 0.3) is 0 Å². The molecule has 1 N–H and O–H groups in total. The van der Waals surface area contributed by atoms with Gasteiger partial charge >= 0.3 is 6.18 Å². The number of nitrogens with one attached hydrogen (secondary N) is 1. The van der Waals surface area contributed by atoms with Crippen LogP contribution in [0.5, 0.6) is 0 Å². The molecule has 1 saturated heterocycles. The van der Waals surface area contributed by atoms with Crippen molar-refractivity contribution in [2.24, 2.45) is 0 Å². The highest BCUT2D eigenvalue weighted by molar-refractivity contribution is 5.18. The molecule has 1 aromatic carbocycles. The molecule has 0 amide bonds. The summed E-state index contributed by atoms with van der Waals surface area (Å²) >= 11 is 0. The van der Waals surface area contributed by atoms with Crippen LogP contribution in [0.4, 0.5) is 13.2 Å². The summed E-state index contributed by atoms with van der Waals surface area (Å²) in [6.45, 7) is 2.28. The first-order valence-electron chi connectivity index (χ1n) is 6.25. The summed E-state index contributed by atoms with van der Waals surface area (Å²) < 4.78 is 43.2. The van der Waals surface area contributed by atoms with Gasteiger partial charge in [0.1, 0.15) is 0 Å². The lowest BCUT2D eigenvalue weighted by molar-refractivity contribution is -0.145. The monoisotopic (exact) mass is 274 g/mol. The maximum absolute atomic E-state index is 12.7. The number of morpholine rings is 1. The van der Waals surface area contributed by atoms with Crippen LogP contribution in [0.15, 0.2) is 30.3 Å². The van der Waals surface area contributed by atoms with Crippen LogP contribution >= 0.6 is 0 Å². The smallest absolute Gasteiger partial charge is 0.379 e. The Morgan fingerprint density at radius 3 is 2.37 bits per heavy atom. The molecular weight excluding hydrogens is 257 g/mol. The van der Waals surface area contributed by atoms with Crippen molar-refractivity contribution in [1.82, 2.24) is 10.4 Å². The predicted molar refractivity (Wildman–Crippen MR) is 65.4 cm³/mol. The average Bonchev–Trinajstić information content (AvgIpc) is 2.39. The lowest BCUT2D eigenvalue weighted by atomic mass is 10.0. The Balaban J connectivity index is 2.05. The zero-order valence-corrected chi connectivity index (χ0v) is 10.5. The first kappa shape index (κ1) is 14.3. The third-order valence-corrected chi connectivity index (χ3v) is 2.99. The van der Waals surface area contributed by atoms with Crippen molar-refractivity contribution < 1.29 is 17.9 Å². The van der Waals surface area contributed by atoms with Gasteiger partial charge in [-0.2, -0.15) is 13.2 Å². The molecule has 19 heavy (non-hydrogen) atoms. The first-order chi connectivity index (χ1) is 9.04. The number of halogens is 3. The van der Waals surface area contributed by atoms with Gasteiger partial charge < -0.3 is 4.74 Å². The highest BCUT2D eigenvalue weighted by Gasteiger charge is 2.33. The molecule has 0 spiro atoms. The van der Waals surface area contributed by atoms with Crippen LogP contribution in [-0.4, -0.2) is 37.5 Å². The van der Waals surface area contributed by atoms with Gasteiger partial charge in [-0.3, -0.25) is 0 Å². The Bertz CT molecular complexity index is 377. The lowest BCUT2D eigenvalue weighted by Gasteiger charge is -2.32. The largest absolute Gasteiger partial charge is 0.390 e. The second-order valence-corrected chi connectivity index (χ2v) is 4.51. The molecule has 0 saturated carbocycles. The van der Waals surface area contributed by atoms with E-state index >= 15 is 0 Å². The van der Waals surface area contributed by atoms with E-state index in [1.165, 1.54) is 0 Å². The molecule has 1 fully saturated rings. The van der Waals surface area contributed by atoms with Crippen molar-refractivity contribution in [3.63, 3.8) is 0 Å². The SMILES string of the molecule is FC(F)(F)CC(NN1CCOCC1)c1ccccc1. The highest BCUT2D eigenvalue weighted by atomic mass is 19.4. The number of benzene rings is 1. The van der Waals surface area contributed by atoms with Crippen molar-refractivity contribution in [2.45, 2.75) is 18.6 Å². The number of nitrogens with zero attached hydrogens (tertiary/aromatic N) is 1. The van der Waals surface area contributed by atoms with Crippen LogP contribution in [0.2, 0.25) is 0 Å². The standard InChI is InChI=1S/C13H17F3N2O/c14-13(15,16)10-12(11-4-2-1-3-5-11)17-18-6-8-19-9-7-18/h1-5,12,17H,6-10H2. The summed E-state index contributed by atoms with van der Waals surface area (Å²) in [5, 5.41) is 1.80. The normalized spacial score (nSPS) is 19.3. The van der Waals surface area contributed by atoms with E-state index in [1.807, 2.05) is 0 Å². The van der Waals surface area contributed by atoms with Crippen molar-refractivity contribution in [3.05, 3.63) is 35.9 Å². The van der Waals surface area contributed by atoms with E-state index < -0.39 is 18.6 Å². The zero-order chi connectivity index (χ0) is 13.7. The maximum atomic E-state index is 12.7. The summed E-state index contributed by atoms with van der Waals surface area (Å²) in [7, 11) is 0. The molecule has 3 nitrogen and oxygen atoms in total. The Labute approximate surface area is 110 Å². The van der Waals surface area contributed by atoms with Gasteiger partial charge in [0.2, 0.25) is 0 Å². The van der Waals surface area contributed by atoms with E-state index in [-0.39, 0.29) is 0 Å². The van der Waals surface area contributed by atoms with Crippen molar-refractivity contribution in [2.75, 3.05) is 26.3 Å². The first-order valence-corrected chi connectivity index (χ1v) is 6.25. The average molecular weight is 274 g/mol. The highest BCUT2D eigenvalue weighted by Crippen LogP contribution is 2.29. The van der Waals surface area contributed by atoms with E-state index in [4.69, 9.17) is 4.74 Å². The Kier molecular flexibility index (Phi) is 4.79. The van der Waals surface area contributed by atoms with E-state index in [0.29, 0.717) is 31.9 Å². The third-order valence-electron chi connectivity index (χ3n) is 2.99. The molecule has 1 atom stereocenters. The summed E-state index contributed by atoms with van der Waals surface area (Å²) in [5.41, 5.74) is 3.61. The van der Waals surface area contributed by atoms with Gasteiger partial charge in [-0.15, -0.1) is 0 Å². The number of rotatable bonds is 4. The van der Waals surface area contributed by atoms with Crippen LogP contribution < -0.4 is 5.43 Å². The lowest BCUT2D eigenvalue weighted by Crippen LogP contribution is -2.47. The van der Waals surface area contributed by atoms with Gasteiger partial charge in [0.05, 0.1) is 25.7 Å². The van der Waals surface area contributed by atoms with Crippen molar-refractivity contribution in [3.8, 4) is 0 Å². The molecule has 1 aliphatic rings. The number of hydrazine groups is 1. The van der Waals surface area contributed by atoms with Gasteiger partial charge in [-0.25, -0.2) is 10.4 Å². The third kappa shape index (κ3) is 4.81. The molecule has 1 aliphatic heterocycles. The minimum absolute atomic E-state index is 0.542. The van der Waals surface area contributed by atoms with E-state index in [1.54, 1.807) is 35.3 Å². The number of hydrogen-bond acceptors (Lipinski definition) is 3. The quantitative estimate of drug-likeness (QED) is 0.913. The maximum Gasteiger partial charge on any atom is 0.390 e. The van der Waals surface area contributed by atoms with Crippen LogP contribution in [0.3, 0.4) is 0 Å². The molecule has 0 radical (unpaired) electrons. The second kappa shape index (κ2) is 6.36. The van der Waals surface area contributed by atoms with Crippen LogP contribution in [0, 0.1) is 0 Å². The number of alkyl halides is 3. The van der Waals surface area contributed by atoms with E-state index in [2.05, 4.69) is 5.43 Å². The molecule has 0 bridgehead atoms. The number of hydrogen-bond donors (Lipinski definition) is 1. The van der Waals surface area contributed by atoms with Crippen LogP contribution in [0.1, 0.15) is 18.0 Å². The van der Waals surface area contributed by atoms with Gasteiger partial charge in [0.25, 0.3) is 0 Å². The molecule has 0 aliphatic carbocycles. The summed E-state index contributed by atoms with van der Waals surface area (Å²) in [5.74, 6) is 0. The topological polar surface area (TPSA) is 24.5 Å². The molecule has 1 heterocycles. The van der Waals surface area contributed by atoms with Gasteiger partial charge in [0.15, 0.2) is 0 Å². The summed E-state index contributed by atoms with van der Waals surface area (Å²) in [6, 6.07) is 7.97. The Hall–Kier alpha value is -1.11. The van der Waals surface area contributed by atoms with Gasteiger partial charge in [-0.1, -0.05) is 30.3 Å². The predicted octanol–water partition coefficient (Wildman–Crippen LogP) is 2.52. The molecular formula is C13H17F3N2O.